The van der Waals surface area contributed by atoms with Crippen LogP contribution < -0.4 is 0 Å². The van der Waals surface area contributed by atoms with Crippen LogP contribution in [0.15, 0.2) is 72.8 Å². The van der Waals surface area contributed by atoms with Crippen molar-refractivity contribution >= 4 is 22.1 Å². The van der Waals surface area contributed by atoms with E-state index < -0.39 is 0 Å². The van der Waals surface area contributed by atoms with Crippen LogP contribution in [0.3, 0.4) is 0 Å². The largest absolute Gasteiger partial charge is 0.338 e. The zero-order chi connectivity index (χ0) is 19.9. The van der Waals surface area contributed by atoms with Gasteiger partial charge in [0.2, 0.25) is 0 Å². The first-order valence-electron chi connectivity index (χ1n) is 9.87. The summed E-state index contributed by atoms with van der Waals surface area (Å²) in [5, 5.41) is 0. The smallest absolute Gasteiger partial charge is 0.138 e. The molecular formula is C24H26N4. The van der Waals surface area contributed by atoms with Crippen LogP contribution in [-0.2, 0) is 0 Å². The Morgan fingerprint density at radius 2 is 0.964 bits per heavy atom. The standard InChI is InChI=1S/C20H14N4.2C2H6/c1-2-9-16-15(8-1)21-19(22-16)13-6-5-7-14(12-13)20-23-17-10-3-4-11-18(17)24-20;2*1-2/h1-12H,(H,21,22)(H,23,24);2*1-2H3. The molecule has 0 aliphatic heterocycles. The minimum Gasteiger partial charge on any atom is -0.338 e. The van der Waals surface area contributed by atoms with Gasteiger partial charge in [-0.05, 0) is 30.3 Å². The Morgan fingerprint density at radius 3 is 1.39 bits per heavy atom. The third-order valence-corrected chi connectivity index (χ3v) is 4.19. The van der Waals surface area contributed by atoms with Gasteiger partial charge in [0.25, 0.3) is 0 Å². The molecule has 4 nitrogen and oxygen atoms in total. The molecule has 0 saturated heterocycles. The maximum atomic E-state index is 4.67. The summed E-state index contributed by atoms with van der Waals surface area (Å²) in [7, 11) is 0. The van der Waals surface area contributed by atoms with Crippen molar-refractivity contribution in [3.8, 4) is 22.8 Å². The highest BCUT2D eigenvalue weighted by Gasteiger charge is 2.09. The lowest BCUT2D eigenvalue weighted by Crippen LogP contribution is -1.84. The van der Waals surface area contributed by atoms with Crippen LogP contribution in [0.1, 0.15) is 27.7 Å². The van der Waals surface area contributed by atoms with Gasteiger partial charge in [0.15, 0.2) is 0 Å². The molecule has 0 atom stereocenters. The number of H-pyrrole nitrogens is 2. The lowest BCUT2D eigenvalue weighted by molar-refractivity contribution is 1.31. The second-order valence-electron chi connectivity index (χ2n) is 5.79. The summed E-state index contributed by atoms with van der Waals surface area (Å²) in [6.07, 6.45) is 0. The molecule has 0 aliphatic rings. The van der Waals surface area contributed by atoms with Gasteiger partial charge in [-0.2, -0.15) is 0 Å². The quantitative estimate of drug-likeness (QED) is 0.358. The minimum absolute atomic E-state index is 0.870. The van der Waals surface area contributed by atoms with E-state index in [9.17, 15) is 0 Å². The highest BCUT2D eigenvalue weighted by Crippen LogP contribution is 2.26. The molecule has 0 aliphatic carbocycles. The molecule has 5 aromatic rings. The normalized spacial score (nSPS) is 10.1. The van der Waals surface area contributed by atoms with Crippen LogP contribution in [0.2, 0.25) is 0 Å². The van der Waals surface area contributed by atoms with Crippen molar-refractivity contribution in [2.45, 2.75) is 27.7 Å². The van der Waals surface area contributed by atoms with E-state index in [2.05, 4.69) is 38.1 Å². The molecule has 2 heterocycles. The maximum absolute atomic E-state index is 4.67. The molecule has 5 rings (SSSR count). The molecule has 2 N–H and O–H groups in total. The number of rotatable bonds is 2. The molecule has 2 aromatic heterocycles. The number of nitrogens with zero attached hydrogens (tertiary/aromatic N) is 2. The highest BCUT2D eigenvalue weighted by atomic mass is 14.9. The van der Waals surface area contributed by atoms with Crippen LogP contribution >= 0.6 is 0 Å². The topological polar surface area (TPSA) is 57.4 Å². The summed E-state index contributed by atoms with van der Waals surface area (Å²) in [5.41, 5.74) is 6.12. The molecule has 0 bridgehead atoms. The van der Waals surface area contributed by atoms with E-state index in [1.807, 2.05) is 82.3 Å². The third kappa shape index (κ3) is 3.81. The van der Waals surface area contributed by atoms with Gasteiger partial charge in [0.1, 0.15) is 11.6 Å². The summed E-state index contributed by atoms with van der Waals surface area (Å²) < 4.78 is 0. The Morgan fingerprint density at radius 1 is 0.536 bits per heavy atom. The first-order valence-corrected chi connectivity index (χ1v) is 9.87. The molecule has 0 saturated carbocycles. The SMILES string of the molecule is CC.CC.c1cc(-c2nc3ccccc3[nH]2)cc(-c2nc3ccccc3[nH]2)c1. The van der Waals surface area contributed by atoms with Crippen molar-refractivity contribution in [1.82, 2.24) is 19.9 Å². The number of nitrogens with one attached hydrogen (secondary N) is 2. The van der Waals surface area contributed by atoms with Gasteiger partial charge in [-0.25, -0.2) is 9.97 Å². The first kappa shape index (κ1) is 19.4. The van der Waals surface area contributed by atoms with Crippen LogP contribution in [0, 0.1) is 0 Å². The zero-order valence-electron chi connectivity index (χ0n) is 16.8. The highest BCUT2D eigenvalue weighted by molar-refractivity contribution is 5.82. The summed E-state index contributed by atoms with van der Waals surface area (Å²) >= 11 is 0. The molecule has 4 heteroatoms. The minimum atomic E-state index is 0.870. The Kier molecular flexibility index (Phi) is 6.22. The van der Waals surface area contributed by atoms with E-state index in [4.69, 9.17) is 0 Å². The van der Waals surface area contributed by atoms with Crippen molar-refractivity contribution in [1.29, 1.82) is 0 Å². The fourth-order valence-electron chi connectivity index (χ4n) is 2.99. The predicted octanol–water partition coefficient (Wildman–Crippen LogP) is 6.83. The summed E-state index contributed by atoms with van der Waals surface area (Å²) in [6.45, 7) is 8.00. The van der Waals surface area contributed by atoms with E-state index in [1.54, 1.807) is 0 Å². The Balaban J connectivity index is 0.000000531. The van der Waals surface area contributed by atoms with Crippen LogP contribution in [0.5, 0.6) is 0 Å². The average molecular weight is 371 g/mol. The lowest BCUT2D eigenvalue weighted by Gasteiger charge is -2.00. The van der Waals surface area contributed by atoms with Crippen molar-refractivity contribution in [2.75, 3.05) is 0 Å². The predicted molar refractivity (Wildman–Crippen MR) is 119 cm³/mol. The monoisotopic (exact) mass is 370 g/mol. The number of hydrogen-bond donors (Lipinski definition) is 2. The zero-order valence-corrected chi connectivity index (χ0v) is 16.8. The number of hydrogen-bond acceptors (Lipinski definition) is 2. The van der Waals surface area contributed by atoms with Gasteiger partial charge in [0.05, 0.1) is 22.1 Å². The van der Waals surface area contributed by atoms with E-state index in [0.29, 0.717) is 0 Å². The fraction of sp³-hybridized carbons (Fsp3) is 0.167. The van der Waals surface area contributed by atoms with Crippen molar-refractivity contribution in [2.24, 2.45) is 0 Å². The molecule has 0 unspecified atom stereocenters. The number of aromatic nitrogens is 4. The number of para-hydroxylation sites is 4. The number of aromatic amines is 2. The molecule has 0 radical (unpaired) electrons. The van der Waals surface area contributed by atoms with Gasteiger partial charge in [-0.3, -0.25) is 0 Å². The molecular weight excluding hydrogens is 344 g/mol. The van der Waals surface area contributed by atoms with Gasteiger partial charge in [-0.15, -0.1) is 0 Å². The molecule has 0 spiro atoms. The fourth-order valence-corrected chi connectivity index (χ4v) is 2.99. The van der Waals surface area contributed by atoms with Crippen LogP contribution in [-0.4, -0.2) is 19.9 Å². The van der Waals surface area contributed by atoms with E-state index in [-0.39, 0.29) is 0 Å². The molecule has 0 fully saturated rings. The van der Waals surface area contributed by atoms with E-state index in [0.717, 1.165) is 44.8 Å². The van der Waals surface area contributed by atoms with Crippen molar-refractivity contribution in [3.63, 3.8) is 0 Å². The molecule has 3 aromatic carbocycles. The molecule has 28 heavy (non-hydrogen) atoms. The summed E-state index contributed by atoms with van der Waals surface area (Å²) in [5.74, 6) is 1.74. The Hall–Kier alpha value is -3.40. The molecule has 0 amide bonds. The van der Waals surface area contributed by atoms with E-state index >= 15 is 0 Å². The summed E-state index contributed by atoms with van der Waals surface area (Å²) in [6, 6.07) is 24.4. The lowest BCUT2D eigenvalue weighted by atomic mass is 10.1. The van der Waals surface area contributed by atoms with Crippen molar-refractivity contribution in [3.05, 3.63) is 72.8 Å². The second-order valence-corrected chi connectivity index (χ2v) is 5.79. The first-order chi connectivity index (χ1) is 13.9. The number of fused-ring (bicyclic) bond motifs is 2. The van der Waals surface area contributed by atoms with Gasteiger partial charge in [0, 0.05) is 11.1 Å². The number of benzene rings is 3. The van der Waals surface area contributed by atoms with Gasteiger partial charge in [-0.1, -0.05) is 70.2 Å². The maximum Gasteiger partial charge on any atom is 0.138 e. The van der Waals surface area contributed by atoms with Gasteiger partial charge >= 0.3 is 0 Å². The molecule has 142 valence electrons. The third-order valence-electron chi connectivity index (χ3n) is 4.19. The van der Waals surface area contributed by atoms with Crippen molar-refractivity contribution < 1.29 is 0 Å². The Bertz CT molecular complexity index is 1010. The average Bonchev–Trinajstić information content (AvgIpc) is 3.41. The van der Waals surface area contributed by atoms with E-state index in [1.165, 1.54) is 0 Å². The second kappa shape index (κ2) is 9.00. The Labute approximate surface area is 165 Å². The van der Waals surface area contributed by atoms with Crippen LogP contribution in [0.25, 0.3) is 44.8 Å². The summed E-state index contributed by atoms with van der Waals surface area (Å²) in [4.78, 5) is 16.1. The van der Waals surface area contributed by atoms with Gasteiger partial charge < -0.3 is 9.97 Å². The number of imidazole rings is 2. The van der Waals surface area contributed by atoms with Crippen LogP contribution in [0.4, 0.5) is 0 Å².